The Labute approximate surface area is 408 Å². The Morgan fingerprint density at radius 1 is 0.729 bits per heavy atom. The Morgan fingerprint density at radius 2 is 1.26 bits per heavy atom. The molecule has 1 N–H and O–H groups in total. The number of allylic oxidation sites excluding steroid dienone is 1. The fraction of sp³-hybridized carbons (Fsp3) is 0.518. The van der Waals surface area contributed by atoms with Crippen LogP contribution in [0.2, 0.25) is 0 Å². The number of methoxy groups -OCH3 is 2. The predicted octanol–water partition coefficient (Wildman–Crippen LogP) is 9.71. The molecular formula is C56H65F2N5O7. The summed E-state index contributed by atoms with van der Waals surface area (Å²) >= 11 is 0. The van der Waals surface area contributed by atoms with Gasteiger partial charge in [0.15, 0.2) is 0 Å². The lowest BCUT2D eigenvalue weighted by atomic mass is 9.72. The molecule has 14 heteroatoms. The molecule has 3 aliphatic heterocycles. The second-order valence-corrected chi connectivity index (χ2v) is 21.2. The number of alkyl halides is 2. The fourth-order valence-electron chi connectivity index (χ4n) is 12.1. The Hall–Kier alpha value is -6.05. The summed E-state index contributed by atoms with van der Waals surface area (Å²) in [6.45, 7) is 7.30. The summed E-state index contributed by atoms with van der Waals surface area (Å²) in [6.07, 6.45) is 7.74. The van der Waals surface area contributed by atoms with E-state index in [9.17, 15) is 24.0 Å². The molecule has 9 rings (SSSR count). The number of likely N-dealkylation sites (tertiary alicyclic amines) is 2. The van der Waals surface area contributed by atoms with Gasteiger partial charge < -0.3 is 24.3 Å². The van der Waals surface area contributed by atoms with Crippen LogP contribution in [0, 0.1) is 29.1 Å². The first kappa shape index (κ1) is 49.0. The highest BCUT2D eigenvalue weighted by atomic mass is 19.1. The lowest BCUT2D eigenvalue weighted by molar-refractivity contribution is -0.148. The molecule has 0 unspecified atom stereocenters. The Balaban J connectivity index is 0.964. The highest BCUT2D eigenvalue weighted by molar-refractivity contribution is 6.04. The first-order valence-electron chi connectivity index (χ1n) is 25.1. The van der Waals surface area contributed by atoms with E-state index in [4.69, 9.17) is 19.5 Å². The molecule has 2 amide bonds. The first-order valence-corrected chi connectivity index (χ1v) is 25.1. The van der Waals surface area contributed by atoms with E-state index in [1.807, 2.05) is 52.1 Å². The number of nitrogens with zero attached hydrogens (tertiary/aromatic N) is 4. The molecule has 0 bridgehead atoms. The minimum Gasteiger partial charge on any atom is -0.469 e. The second kappa shape index (κ2) is 20.0. The number of hydrogen-bond donors (Lipinski definition) is 1. The van der Waals surface area contributed by atoms with Crippen LogP contribution in [0.3, 0.4) is 0 Å². The van der Waals surface area contributed by atoms with E-state index in [-0.39, 0.29) is 79.2 Å². The van der Waals surface area contributed by atoms with Crippen molar-refractivity contribution in [3.8, 4) is 22.3 Å². The molecule has 5 aliphatic rings. The number of fused-ring (bicyclic) bond motifs is 2. The minimum absolute atomic E-state index is 0.0112. The zero-order valence-electron chi connectivity index (χ0n) is 41.2. The number of ether oxygens (including phenoxy) is 2. The van der Waals surface area contributed by atoms with Crippen LogP contribution in [0.25, 0.3) is 38.7 Å². The van der Waals surface area contributed by atoms with Gasteiger partial charge in [-0.1, -0.05) is 89.4 Å². The largest absolute Gasteiger partial charge is 0.469 e. The molecule has 12 nitrogen and oxygen atoms in total. The number of carbonyl (C=O) groups is 4. The van der Waals surface area contributed by atoms with Crippen molar-refractivity contribution in [1.82, 2.24) is 19.8 Å². The van der Waals surface area contributed by atoms with Crippen molar-refractivity contribution in [2.75, 3.05) is 27.3 Å². The third-order valence-corrected chi connectivity index (χ3v) is 16.0. The highest BCUT2D eigenvalue weighted by Crippen LogP contribution is 2.52. The van der Waals surface area contributed by atoms with Crippen LogP contribution in [-0.4, -0.2) is 94.9 Å². The number of aliphatic imine (C=N–C) groups is 1. The van der Waals surface area contributed by atoms with E-state index < -0.39 is 48.2 Å². The van der Waals surface area contributed by atoms with Crippen molar-refractivity contribution < 1.29 is 37.4 Å². The van der Waals surface area contributed by atoms with E-state index in [0.29, 0.717) is 17.3 Å². The number of aromatic nitrogens is 2. The number of nitrogens with one attached hydrogen (secondary N) is 1. The van der Waals surface area contributed by atoms with Crippen LogP contribution in [-0.2, 0) is 41.5 Å². The maximum absolute atomic E-state index is 15.1. The van der Waals surface area contributed by atoms with Crippen molar-refractivity contribution in [2.45, 2.75) is 129 Å². The summed E-state index contributed by atoms with van der Waals surface area (Å²) < 4.78 is 39.9. The van der Waals surface area contributed by atoms with Gasteiger partial charge in [0, 0.05) is 31.2 Å². The van der Waals surface area contributed by atoms with E-state index >= 15 is 8.78 Å². The predicted molar refractivity (Wildman–Crippen MR) is 265 cm³/mol. The Bertz CT molecular complexity index is 2810. The summed E-state index contributed by atoms with van der Waals surface area (Å²) in [7, 11) is 2.58. The van der Waals surface area contributed by atoms with E-state index in [1.54, 1.807) is 4.90 Å². The second-order valence-electron chi connectivity index (χ2n) is 21.2. The van der Waals surface area contributed by atoms with Gasteiger partial charge in [-0.25, -0.2) is 13.8 Å². The molecule has 2 aliphatic carbocycles. The van der Waals surface area contributed by atoms with Gasteiger partial charge in [0.25, 0.3) is 5.56 Å². The standard InChI is InChI=1S/C56H65F2N5O7/c1-31(2)41(24-50(64)69-5)54(67)62-29-37(57)22-48(62)47-21-36(28-59-47)33-10-12-34(13-11-33)39-15-16-40(45-27-56(26-44(39)45)18-8-7-9-19-56)35-14-17-46-43(20-35)53(66)61-52(60-46)49-23-38(58)30-63(49)55(68)42(32(3)4)25-51(65)70-6/h10-17,20,28,31-32,37-38,41-42,48-49H,7-9,18-19,21-27,29-30H2,1-6H3,(H,60,61,66)/t37-,38-,41+,42+,48-,49+/m1/s1. The molecular weight excluding hydrogens is 893 g/mol. The molecule has 4 heterocycles. The summed E-state index contributed by atoms with van der Waals surface area (Å²) in [5.74, 6) is -2.99. The molecule has 3 fully saturated rings. The SMILES string of the molecule is COC(=O)C[C@H](C(=O)N1C[C@H](F)C[C@@H]1C1=NC=C(c2ccc(-c3ccc(-c4ccc5nc([C@@H]6C[C@@H](F)CN6C(=O)[C@@H](CC(=O)OC)C(C)C)[nH]c(=O)c5c4)c4c3CC3(CCCCC3)C4)cc2)C1)C(C)C. The summed E-state index contributed by atoms with van der Waals surface area (Å²) in [5, 5.41) is 0.405. The molecule has 6 atom stereocenters. The van der Waals surface area contributed by atoms with Crippen molar-refractivity contribution in [2.24, 2.45) is 34.1 Å². The zero-order valence-corrected chi connectivity index (χ0v) is 41.2. The number of esters is 2. The number of benzene rings is 3. The molecule has 0 radical (unpaired) electrons. The van der Waals surface area contributed by atoms with Crippen molar-refractivity contribution in [3.63, 3.8) is 0 Å². The van der Waals surface area contributed by atoms with Crippen LogP contribution >= 0.6 is 0 Å². The molecule has 1 aromatic heterocycles. The molecule has 1 spiro atoms. The fourth-order valence-corrected chi connectivity index (χ4v) is 12.1. The number of hydrogen-bond acceptors (Lipinski definition) is 9. The third kappa shape index (κ3) is 9.59. The summed E-state index contributed by atoms with van der Waals surface area (Å²) in [6, 6.07) is 17.4. The summed E-state index contributed by atoms with van der Waals surface area (Å²) in [4.78, 5) is 81.5. The quantitative estimate of drug-likeness (QED) is 0.130. The molecule has 4 aromatic rings. The molecule has 3 aromatic carbocycles. The van der Waals surface area contributed by atoms with Gasteiger partial charge in [0.1, 0.15) is 18.2 Å². The van der Waals surface area contributed by atoms with Gasteiger partial charge >= 0.3 is 11.9 Å². The lowest BCUT2D eigenvalue weighted by Gasteiger charge is -2.33. The van der Waals surface area contributed by atoms with Gasteiger partial charge in [-0.15, -0.1) is 0 Å². The normalized spacial score (nSPS) is 22.7. The van der Waals surface area contributed by atoms with Crippen LogP contribution in [0.4, 0.5) is 8.78 Å². The van der Waals surface area contributed by atoms with Crippen LogP contribution in [0.15, 0.2) is 70.6 Å². The topological polar surface area (TPSA) is 151 Å². The Kier molecular flexibility index (Phi) is 14.0. The van der Waals surface area contributed by atoms with E-state index in [2.05, 4.69) is 41.4 Å². The highest BCUT2D eigenvalue weighted by Gasteiger charge is 2.45. The van der Waals surface area contributed by atoms with E-state index in [0.717, 1.165) is 59.2 Å². The van der Waals surface area contributed by atoms with E-state index in [1.165, 1.54) is 55.1 Å². The zero-order chi connectivity index (χ0) is 49.6. The smallest absolute Gasteiger partial charge is 0.306 e. The third-order valence-electron chi connectivity index (χ3n) is 16.0. The Morgan fingerprint density at radius 3 is 1.83 bits per heavy atom. The average molecular weight is 958 g/mol. The average Bonchev–Trinajstić information content (AvgIpc) is 4.17. The number of H-pyrrole nitrogens is 1. The first-order chi connectivity index (χ1) is 33.6. The molecule has 1 saturated carbocycles. The lowest BCUT2D eigenvalue weighted by Crippen LogP contribution is -2.45. The molecule has 370 valence electrons. The number of carbonyl (C=O) groups excluding carboxylic acids is 4. The van der Waals surface area contributed by atoms with Gasteiger partial charge in [0.05, 0.1) is 75.0 Å². The summed E-state index contributed by atoms with van der Waals surface area (Å²) in [5.41, 5.74) is 9.93. The minimum atomic E-state index is -1.31. The molecule has 70 heavy (non-hydrogen) atoms. The number of rotatable bonds is 13. The van der Waals surface area contributed by atoms with Gasteiger partial charge in [-0.2, -0.15) is 0 Å². The van der Waals surface area contributed by atoms with Gasteiger partial charge in [0.2, 0.25) is 11.8 Å². The number of aromatic amines is 1. The monoisotopic (exact) mass is 957 g/mol. The van der Waals surface area contributed by atoms with Gasteiger partial charge in [-0.05, 0) is 99.6 Å². The van der Waals surface area contributed by atoms with Gasteiger partial charge in [-0.3, -0.25) is 29.0 Å². The van der Waals surface area contributed by atoms with Crippen LogP contribution in [0.1, 0.15) is 120 Å². The van der Waals surface area contributed by atoms with Crippen molar-refractivity contribution in [3.05, 3.63) is 93.7 Å². The maximum Gasteiger partial charge on any atom is 0.306 e. The van der Waals surface area contributed by atoms with Crippen LogP contribution < -0.4 is 5.56 Å². The van der Waals surface area contributed by atoms with Crippen molar-refractivity contribution in [1.29, 1.82) is 0 Å². The molecule has 2 saturated heterocycles. The maximum atomic E-state index is 15.1. The van der Waals surface area contributed by atoms with Crippen molar-refractivity contribution >= 4 is 45.9 Å². The number of amides is 2. The van der Waals surface area contributed by atoms with Crippen LogP contribution in [0.5, 0.6) is 0 Å². The number of halogens is 2.